The second kappa shape index (κ2) is 3.55. The summed E-state index contributed by atoms with van der Waals surface area (Å²) in [7, 11) is 0. The number of hydrogen-bond donors (Lipinski definition) is 3. The summed E-state index contributed by atoms with van der Waals surface area (Å²) in [5.74, 6) is 0. The molecule has 3 N–H and O–H groups in total. The van der Waals surface area contributed by atoms with E-state index < -0.39 is 0 Å². The molecule has 4 heteroatoms. The van der Waals surface area contributed by atoms with Gasteiger partial charge in [-0.1, -0.05) is 0 Å². The Labute approximate surface area is 54.0 Å². The van der Waals surface area contributed by atoms with E-state index in [0.717, 1.165) is 13.1 Å². The smallest absolute Gasteiger partial charge is 0.218 e. The van der Waals surface area contributed by atoms with Gasteiger partial charge in [-0.25, -0.2) is 0 Å². The molecule has 0 aromatic rings. The average Bonchev–Trinajstić information content (AvgIpc) is 2.13. The van der Waals surface area contributed by atoms with Gasteiger partial charge in [0, 0.05) is 19.6 Å². The summed E-state index contributed by atoms with van der Waals surface area (Å²) >= 11 is 0. The predicted octanol–water partition coefficient (Wildman–Crippen LogP) is -1.84. The van der Waals surface area contributed by atoms with Crippen molar-refractivity contribution in [3.05, 3.63) is 0 Å². The van der Waals surface area contributed by atoms with Crippen molar-refractivity contribution in [2.75, 3.05) is 19.6 Å². The molecule has 9 heavy (non-hydrogen) atoms. The fourth-order valence-electron chi connectivity index (χ4n) is 0.727. The highest BCUT2D eigenvalue weighted by molar-refractivity contribution is 5.58. The highest BCUT2D eigenvalue weighted by Gasteiger charge is 2.08. The number of hydrazine groups is 1. The zero-order chi connectivity index (χ0) is 6.53. The summed E-state index contributed by atoms with van der Waals surface area (Å²) in [6.07, 6.45) is 1.88. The van der Waals surface area contributed by atoms with Crippen LogP contribution in [0.25, 0.3) is 0 Å². The van der Waals surface area contributed by atoms with Gasteiger partial charge in [-0.15, -0.1) is 0 Å². The topological polar surface area (TPSA) is 53.2 Å². The van der Waals surface area contributed by atoms with Gasteiger partial charge < -0.3 is 5.32 Å². The summed E-state index contributed by atoms with van der Waals surface area (Å²) in [5, 5.41) is 2.98. The lowest BCUT2D eigenvalue weighted by molar-refractivity contribution is 0.512. The lowest BCUT2D eigenvalue weighted by atomic mass is 10.3. The van der Waals surface area contributed by atoms with E-state index in [-0.39, 0.29) is 6.04 Å². The molecule has 4 nitrogen and oxygen atoms in total. The lowest BCUT2D eigenvalue weighted by Gasteiger charge is -2.03. The third-order valence-corrected chi connectivity index (χ3v) is 1.21. The van der Waals surface area contributed by atoms with Gasteiger partial charge in [-0.05, 0) is 0 Å². The SMILES string of the molecule is O=[C]C1CNNCCN1. The Morgan fingerprint density at radius 3 is 3.00 bits per heavy atom. The standard InChI is InChI=1S/C5H10N3O/c9-4-5-3-8-7-2-1-6-5/h5-8H,1-3H2. The van der Waals surface area contributed by atoms with Crippen molar-refractivity contribution in [1.29, 1.82) is 0 Å². The molecular weight excluding hydrogens is 118 g/mol. The van der Waals surface area contributed by atoms with Gasteiger partial charge >= 0.3 is 0 Å². The Morgan fingerprint density at radius 1 is 1.33 bits per heavy atom. The molecule has 0 amide bonds. The van der Waals surface area contributed by atoms with E-state index in [1.54, 1.807) is 0 Å². The number of rotatable bonds is 1. The Morgan fingerprint density at radius 2 is 2.22 bits per heavy atom. The monoisotopic (exact) mass is 128 g/mol. The number of hydrogen-bond acceptors (Lipinski definition) is 4. The molecule has 1 rings (SSSR count). The first kappa shape index (κ1) is 6.67. The van der Waals surface area contributed by atoms with Crippen LogP contribution in [0.4, 0.5) is 0 Å². The third-order valence-electron chi connectivity index (χ3n) is 1.21. The third kappa shape index (κ3) is 2.09. The van der Waals surface area contributed by atoms with Gasteiger partial charge in [0.15, 0.2) is 0 Å². The summed E-state index contributed by atoms with van der Waals surface area (Å²) in [4.78, 5) is 10.1. The minimum Gasteiger partial charge on any atom is -0.305 e. The van der Waals surface area contributed by atoms with E-state index in [0.29, 0.717) is 6.54 Å². The van der Waals surface area contributed by atoms with Crippen molar-refractivity contribution >= 4 is 6.29 Å². The van der Waals surface area contributed by atoms with E-state index >= 15 is 0 Å². The van der Waals surface area contributed by atoms with Crippen LogP contribution in [0.15, 0.2) is 0 Å². The van der Waals surface area contributed by atoms with Gasteiger partial charge in [-0.3, -0.25) is 15.6 Å². The molecule has 0 bridgehead atoms. The van der Waals surface area contributed by atoms with E-state index in [9.17, 15) is 4.79 Å². The molecule has 1 heterocycles. The summed E-state index contributed by atoms with van der Waals surface area (Å²) < 4.78 is 0. The van der Waals surface area contributed by atoms with Gasteiger partial charge in [0.2, 0.25) is 6.29 Å². The molecule has 1 unspecified atom stereocenters. The van der Waals surface area contributed by atoms with Crippen LogP contribution in [0.2, 0.25) is 0 Å². The number of nitrogens with one attached hydrogen (secondary N) is 3. The van der Waals surface area contributed by atoms with Crippen molar-refractivity contribution < 1.29 is 4.79 Å². The minimum absolute atomic E-state index is 0.153. The molecule has 1 aliphatic heterocycles. The summed E-state index contributed by atoms with van der Waals surface area (Å²) in [5.41, 5.74) is 5.79. The lowest BCUT2D eigenvalue weighted by Crippen LogP contribution is -2.38. The van der Waals surface area contributed by atoms with Crippen LogP contribution < -0.4 is 16.2 Å². The van der Waals surface area contributed by atoms with Crippen LogP contribution in [0.3, 0.4) is 0 Å². The molecule has 0 aromatic carbocycles. The van der Waals surface area contributed by atoms with E-state index in [2.05, 4.69) is 16.2 Å². The zero-order valence-electron chi connectivity index (χ0n) is 5.11. The highest BCUT2D eigenvalue weighted by Crippen LogP contribution is 1.76. The second-order valence-electron chi connectivity index (χ2n) is 1.93. The van der Waals surface area contributed by atoms with Gasteiger partial charge in [-0.2, -0.15) is 0 Å². The fourth-order valence-corrected chi connectivity index (χ4v) is 0.727. The van der Waals surface area contributed by atoms with Crippen LogP contribution in [0, 0.1) is 0 Å². The molecule has 51 valence electrons. The van der Waals surface area contributed by atoms with Crippen LogP contribution in [-0.4, -0.2) is 32.0 Å². The summed E-state index contributed by atoms with van der Waals surface area (Å²) in [6.45, 7) is 2.27. The highest BCUT2D eigenvalue weighted by atomic mass is 16.1. The molecule has 1 radical (unpaired) electrons. The Kier molecular flexibility index (Phi) is 2.63. The average molecular weight is 128 g/mol. The first-order valence-corrected chi connectivity index (χ1v) is 3.00. The van der Waals surface area contributed by atoms with Gasteiger partial charge in [0.05, 0.1) is 6.04 Å². The van der Waals surface area contributed by atoms with Crippen LogP contribution in [0.5, 0.6) is 0 Å². The van der Waals surface area contributed by atoms with Gasteiger partial charge in [0.25, 0.3) is 0 Å². The first-order chi connectivity index (χ1) is 4.43. The van der Waals surface area contributed by atoms with Crippen molar-refractivity contribution in [3.63, 3.8) is 0 Å². The molecule has 1 aliphatic rings. The number of carbonyl (C=O) groups excluding carboxylic acids is 1. The molecule has 0 aliphatic carbocycles. The van der Waals surface area contributed by atoms with Crippen molar-refractivity contribution in [3.8, 4) is 0 Å². The van der Waals surface area contributed by atoms with E-state index in [1.165, 1.54) is 0 Å². The largest absolute Gasteiger partial charge is 0.305 e. The van der Waals surface area contributed by atoms with Crippen molar-refractivity contribution in [2.45, 2.75) is 6.04 Å². The molecule has 1 saturated heterocycles. The Bertz CT molecular complexity index is 88.2. The maximum atomic E-state index is 10.1. The minimum atomic E-state index is -0.153. The van der Waals surface area contributed by atoms with Gasteiger partial charge in [0.1, 0.15) is 0 Å². The molecule has 0 saturated carbocycles. The fraction of sp³-hybridized carbons (Fsp3) is 0.800. The Balaban J connectivity index is 2.26. The molecule has 0 spiro atoms. The molecular formula is C5H10N3O. The first-order valence-electron chi connectivity index (χ1n) is 3.00. The van der Waals surface area contributed by atoms with Crippen LogP contribution >= 0.6 is 0 Å². The normalized spacial score (nSPS) is 29.1. The zero-order valence-corrected chi connectivity index (χ0v) is 5.11. The van der Waals surface area contributed by atoms with Crippen LogP contribution in [-0.2, 0) is 4.79 Å². The molecule has 1 atom stereocenters. The quantitative estimate of drug-likeness (QED) is 0.388. The maximum Gasteiger partial charge on any atom is 0.218 e. The van der Waals surface area contributed by atoms with E-state index in [1.807, 2.05) is 6.29 Å². The molecule has 1 fully saturated rings. The maximum absolute atomic E-state index is 10.1. The van der Waals surface area contributed by atoms with E-state index in [4.69, 9.17) is 0 Å². The van der Waals surface area contributed by atoms with Crippen molar-refractivity contribution in [1.82, 2.24) is 16.2 Å². The second-order valence-corrected chi connectivity index (χ2v) is 1.93. The van der Waals surface area contributed by atoms with Crippen LogP contribution in [0.1, 0.15) is 0 Å². The molecule has 0 aromatic heterocycles. The predicted molar refractivity (Wildman–Crippen MR) is 33.5 cm³/mol. The van der Waals surface area contributed by atoms with Crippen molar-refractivity contribution in [2.24, 2.45) is 0 Å². The Hall–Kier alpha value is -0.450. The summed E-state index contributed by atoms with van der Waals surface area (Å²) in [6, 6.07) is -0.153.